The minimum absolute atomic E-state index is 0.0728. The topological polar surface area (TPSA) is 64.0 Å². The first-order valence-electron chi connectivity index (χ1n) is 9.33. The number of rotatable bonds is 6. The summed E-state index contributed by atoms with van der Waals surface area (Å²) < 4.78 is 10.3. The van der Waals surface area contributed by atoms with Crippen LogP contribution in [0.25, 0.3) is 11.5 Å². The normalized spacial score (nSPS) is 14.1. The lowest BCUT2D eigenvalue weighted by Gasteiger charge is -2.17. The molecule has 1 aliphatic rings. The smallest absolute Gasteiger partial charge is 0.195 e. The predicted molar refractivity (Wildman–Crippen MR) is 107 cm³/mol. The van der Waals surface area contributed by atoms with Crippen molar-refractivity contribution >= 4 is 17.2 Å². The molecule has 3 aromatic heterocycles. The third-order valence-corrected chi connectivity index (χ3v) is 5.13. The molecule has 4 rings (SSSR count). The summed E-state index contributed by atoms with van der Waals surface area (Å²) in [5.41, 5.74) is 2.95. The molecule has 0 aliphatic carbocycles. The Labute approximate surface area is 163 Å². The molecule has 4 heterocycles. The van der Waals surface area contributed by atoms with E-state index in [1.54, 1.807) is 6.20 Å². The summed E-state index contributed by atoms with van der Waals surface area (Å²) in [4.78, 5) is 16.0. The van der Waals surface area contributed by atoms with Crippen LogP contribution in [0, 0.1) is 0 Å². The van der Waals surface area contributed by atoms with Crippen LogP contribution in [-0.4, -0.2) is 38.5 Å². The summed E-state index contributed by atoms with van der Waals surface area (Å²) in [5.74, 6) is 1.33. The third kappa shape index (κ3) is 4.24. The van der Waals surface area contributed by atoms with Crippen molar-refractivity contribution in [3.63, 3.8) is 0 Å². The van der Waals surface area contributed by atoms with Crippen LogP contribution in [0.1, 0.15) is 37.4 Å². The van der Waals surface area contributed by atoms with Crippen LogP contribution in [0.5, 0.6) is 5.75 Å². The lowest BCUT2D eigenvalue weighted by atomic mass is 10.2. The van der Waals surface area contributed by atoms with Crippen LogP contribution in [0.3, 0.4) is 0 Å². The molecule has 0 unspecified atom stereocenters. The molecule has 7 heteroatoms. The summed E-state index contributed by atoms with van der Waals surface area (Å²) in [6.07, 6.45) is 6.91. The molecule has 0 amide bonds. The molecule has 1 saturated heterocycles. The monoisotopic (exact) mass is 381 g/mol. The van der Waals surface area contributed by atoms with Crippen LogP contribution in [-0.2, 0) is 6.42 Å². The summed E-state index contributed by atoms with van der Waals surface area (Å²) >= 11 is 1.39. The van der Waals surface area contributed by atoms with Gasteiger partial charge in [-0.2, -0.15) is 4.37 Å². The molecule has 0 radical (unpaired) electrons. The predicted octanol–water partition coefficient (Wildman–Crippen LogP) is 3.97. The fraction of sp³-hybridized carbons (Fsp3) is 0.400. The van der Waals surface area contributed by atoms with Gasteiger partial charge in [0, 0.05) is 43.3 Å². The van der Waals surface area contributed by atoms with E-state index in [0.717, 1.165) is 23.8 Å². The molecule has 0 spiro atoms. The summed E-state index contributed by atoms with van der Waals surface area (Å²) in [5, 5.41) is 0.928. The second kappa shape index (κ2) is 8.00. The fourth-order valence-electron chi connectivity index (χ4n) is 3.22. The van der Waals surface area contributed by atoms with E-state index in [1.807, 2.05) is 32.2 Å². The first-order valence-corrected chi connectivity index (χ1v) is 10.1. The van der Waals surface area contributed by atoms with Crippen molar-refractivity contribution in [2.75, 3.05) is 18.0 Å². The zero-order valence-electron chi connectivity index (χ0n) is 15.6. The maximum Gasteiger partial charge on any atom is 0.195 e. The fourth-order valence-corrected chi connectivity index (χ4v) is 3.88. The van der Waals surface area contributed by atoms with E-state index in [9.17, 15) is 0 Å². The molecule has 0 N–H and O–H groups in total. The zero-order valence-corrected chi connectivity index (χ0v) is 16.4. The molecular weight excluding hydrogens is 358 g/mol. The van der Waals surface area contributed by atoms with Crippen LogP contribution >= 0.6 is 11.5 Å². The van der Waals surface area contributed by atoms with E-state index in [4.69, 9.17) is 4.74 Å². The third-order valence-electron chi connectivity index (χ3n) is 4.42. The lowest BCUT2D eigenvalue weighted by molar-refractivity contribution is 0.242. The number of aromatic nitrogens is 4. The van der Waals surface area contributed by atoms with E-state index in [-0.39, 0.29) is 6.10 Å². The molecule has 0 saturated carbocycles. The van der Waals surface area contributed by atoms with Crippen molar-refractivity contribution in [2.45, 2.75) is 39.2 Å². The van der Waals surface area contributed by atoms with Gasteiger partial charge in [0.25, 0.3) is 0 Å². The zero-order chi connectivity index (χ0) is 18.6. The first kappa shape index (κ1) is 17.9. The number of hydrogen-bond acceptors (Lipinski definition) is 7. The molecule has 6 nitrogen and oxygen atoms in total. The average molecular weight is 382 g/mol. The highest BCUT2D eigenvalue weighted by atomic mass is 32.1. The maximum atomic E-state index is 5.84. The van der Waals surface area contributed by atoms with Gasteiger partial charge < -0.3 is 9.64 Å². The Bertz CT molecular complexity index is 905. The van der Waals surface area contributed by atoms with Gasteiger partial charge in [-0.1, -0.05) is 0 Å². The van der Waals surface area contributed by atoms with E-state index >= 15 is 0 Å². The molecule has 0 aromatic carbocycles. The molecule has 3 aromatic rings. The van der Waals surface area contributed by atoms with Gasteiger partial charge in [-0.25, -0.2) is 9.97 Å². The molecule has 140 valence electrons. The minimum atomic E-state index is 0.0728. The van der Waals surface area contributed by atoms with Gasteiger partial charge in [0.1, 0.15) is 10.8 Å². The van der Waals surface area contributed by atoms with E-state index in [2.05, 4.69) is 36.4 Å². The Balaban J connectivity index is 1.53. The highest BCUT2D eigenvalue weighted by Gasteiger charge is 2.16. The number of pyridine rings is 2. The highest BCUT2D eigenvalue weighted by Crippen LogP contribution is 2.28. The molecule has 0 atom stereocenters. The average Bonchev–Trinajstić information content (AvgIpc) is 3.34. The molecular formula is C20H23N5OS. The number of hydrogen-bond donors (Lipinski definition) is 0. The Hall–Kier alpha value is -2.54. The van der Waals surface area contributed by atoms with E-state index < -0.39 is 0 Å². The van der Waals surface area contributed by atoms with Gasteiger partial charge in [0.2, 0.25) is 0 Å². The highest BCUT2D eigenvalue weighted by molar-refractivity contribution is 7.05. The Morgan fingerprint density at radius 2 is 2.00 bits per heavy atom. The second-order valence-electron chi connectivity index (χ2n) is 6.90. The van der Waals surface area contributed by atoms with Crippen LogP contribution in [0.2, 0.25) is 0 Å². The number of nitrogens with zero attached hydrogens (tertiary/aromatic N) is 5. The molecule has 1 fully saturated rings. The van der Waals surface area contributed by atoms with Gasteiger partial charge in [-0.05, 0) is 62.5 Å². The largest absolute Gasteiger partial charge is 0.489 e. The van der Waals surface area contributed by atoms with E-state index in [1.165, 1.54) is 30.1 Å². The summed E-state index contributed by atoms with van der Waals surface area (Å²) in [6, 6.07) is 8.02. The quantitative estimate of drug-likeness (QED) is 0.644. The lowest BCUT2D eigenvalue weighted by Crippen LogP contribution is -2.17. The van der Waals surface area contributed by atoms with Crippen LogP contribution in [0.4, 0.5) is 5.69 Å². The van der Waals surface area contributed by atoms with Gasteiger partial charge in [0.15, 0.2) is 11.5 Å². The van der Waals surface area contributed by atoms with Crippen molar-refractivity contribution in [3.8, 4) is 17.3 Å². The van der Waals surface area contributed by atoms with Crippen molar-refractivity contribution in [1.82, 2.24) is 19.3 Å². The summed E-state index contributed by atoms with van der Waals surface area (Å²) in [6.45, 7) is 6.25. The SMILES string of the molecule is CC(C)Oc1cccnc1-c1nsc(Cc2cc(N3CCCC3)ccn2)n1. The molecule has 1 aliphatic heterocycles. The Kier molecular flexibility index (Phi) is 5.29. The number of anilines is 1. The van der Waals surface area contributed by atoms with E-state index in [0.29, 0.717) is 23.7 Å². The van der Waals surface area contributed by atoms with Gasteiger partial charge in [-0.15, -0.1) is 0 Å². The second-order valence-corrected chi connectivity index (χ2v) is 7.74. The first-order chi connectivity index (χ1) is 13.2. The standard InChI is InChI=1S/C20H23N5OS/c1-14(2)26-17-6-5-8-22-19(17)20-23-18(27-24-20)13-15-12-16(7-9-21-15)25-10-3-4-11-25/h5-9,12,14H,3-4,10-11,13H2,1-2H3. The molecule has 27 heavy (non-hydrogen) atoms. The van der Waals surface area contributed by atoms with Crippen LogP contribution < -0.4 is 9.64 Å². The van der Waals surface area contributed by atoms with Gasteiger partial charge >= 0.3 is 0 Å². The molecule has 0 bridgehead atoms. The maximum absolute atomic E-state index is 5.84. The van der Waals surface area contributed by atoms with Gasteiger partial charge in [-0.3, -0.25) is 4.98 Å². The minimum Gasteiger partial charge on any atom is -0.489 e. The van der Waals surface area contributed by atoms with Crippen molar-refractivity contribution in [3.05, 3.63) is 47.4 Å². The van der Waals surface area contributed by atoms with Crippen molar-refractivity contribution in [2.24, 2.45) is 0 Å². The summed E-state index contributed by atoms with van der Waals surface area (Å²) in [7, 11) is 0. The van der Waals surface area contributed by atoms with Crippen LogP contribution in [0.15, 0.2) is 36.7 Å². The Morgan fingerprint density at radius 3 is 2.81 bits per heavy atom. The number of ether oxygens (including phenoxy) is 1. The Morgan fingerprint density at radius 1 is 1.15 bits per heavy atom. The van der Waals surface area contributed by atoms with Gasteiger partial charge in [0.05, 0.1) is 6.10 Å². The van der Waals surface area contributed by atoms with Crippen molar-refractivity contribution < 1.29 is 4.74 Å². The van der Waals surface area contributed by atoms with Crippen molar-refractivity contribution in [1.29, 1.82) is 0 Å².